The van der Waals surface area contributed by atoms with Crippen molar-refractivity contribution in [1.82, 2.24) is 14.3 Å². The second-order valence-corrected chi connectivity index (χ2v) is 7.13. The molecular formula is C17H25N3O. The van der Waals surface area contributed by atoms with E-state index in [1.807, 2.05) is 17.9 Å². The Balaban J connectivity index is 1.86. The Labute approximate surface area is 126 Å². The Morgan fingerprint density at radius 1 is 1.43 bits per heavy atom. The van der Waals surface area contributed by atoms with Crippen LogP contribution in [0.4, 0.5) is 0 Å². The smallest absolute Gasteiger partial charge is 0.0812 e. The third kappa shape index (κ3) is 2.77. The van der Waals surface area contributed by atoms with Gasteiger partial charge in [-0.25, -0.2) is 0 Å². The first-order valence-corrected chi connectivity index (χ1v) is 7.71. The summed E-state index contributed by atoms with van der Waals surface area (Å²) in [5.74, 6) is 0. The van der Waals surface area contributed by atoms with Crippen molar-refractivity contribution in [2.75, 3.05) is 0 Å². The van der Waals surface area contributed by atoms with E-state index in [-0.39, 0.29) is 11.5 Å². The van der Waals surface area contributed by atoms with Gasteiger partial charge in [0.25, 0.3) is 0 Å². The van der Waals surface area contributed by atoms with Crippen LogP contribution in [0.5, 0.6) is 0 Å². The average Bonchev–Trinajstić information content (AvgIpc) is 2.90. The van der Waals surface area contributed by atoms with E-state index in [9.17, 15) is 5.11 Å². The number of aryl methyl sites for hydroxylation is 3. The Morgan fingerprint density at radius 3 is 2.86 bits per heavy atom. The largest absolute Gasteiger partial charge is 0.388 e. The van der Waals surface area contributed by atoms with Crippen molar-refractivity contribution in [2.24, 2.45) is 12.5 Å². The van der Waals surface area contributed by atoms with Crippen LogP contribution in [0.3, 0.4) is 0 Å². The first-order chi connectivity index (χ1) is 9.85. The monoisotopic (exact) mass is 287 g/mol. The topological polar surface area (TPSA) is 43.0 Å². The first-order valence-electron chi connectivity index (χ1n) is 7.71. The maximum atomic E-state index is 10.4. The molecule has 2 heterocycles. The minimum Gasteiger partial charge on any atom is -0.388 e. The maximum absolute atomic E-state index is 10.4. The highest BCUT2D eigenvalue weighted by atomic mass is 16.3. The van der Waals surface area contributed by atoms with Crippen LogP contribution in [-0.2, 0) is 26.4 Å². The van der Waals surface area contributed by atoms with Gasteiger partial charge in [-0.05, 0) is 37.3 Å². The van der Waals surface area contributed by atoms with E-state index in [0.717, 1.165) is 37.1 Å². The fraction of sp³-hybridized carbons (Fsp3) is 0.588. The zero-order valence-corrected chi connectivity index (χ0v) is 13.4. The minimum atomic E-state index is -0.321. The quantitative estimate of drug-likeness (QED) is 0.943. The molecule has 3 rings (SSSR count). The van der Waals surface area contributed by atoms with Crippen LogP contribution in [0.15, 0.2) is 18.3 Å². The summed E-state index contributed by atoms with van der Waals surface area (Å²) >= 11 is 0. The number of aliphatic hydroxyl groups excluding tert-OH is 1. The molecule has 0 aliphatic heterocycles. The highest BCUT2D eigenvalue weighted by molar-refractivity contribution is 5.33. The molecule has 114 valence electrons. The molecular weight excluding hydrogens is 262 g/mol. The van der Waals surface area contributed by atoms with E-state index in [0.29, 0.717) is 0 Å². The lowest BCUT2D eigenvalue weighted by Crippen LogP contribution is -2.27. The zero-order valence-electron chi connectivity index (χ0n) is 13.4. The van der Waals surface area contributed by atoms with Crippen molar-refractivity contribution in [1.29, 1.82) is 0 Å². The molecule has 4 nitrogen and oxygen atoms in total. The molecule has 0 saturated heterocycles. The molecule has 1 aliphatic carbocycles. The van der Waals surface area contributed by atoms with Crippen molar-refractivity contribution in [3.63, 3.8) is 0 Å². The summed E-state index contributed by atoms with van der Waals surface area (Å²) in [7, 11) is 1.95. The average molecular weight is 287 g/mol. The van der Waals surface area contributed by atoms with Gasteiger partial charge in [-0.2, -0.15) is 5.10 Å². The molecule has 0 aromatic carbocycles. The van der Waals surface area contributed by atoms with Crippen molar-refractivity contribution in [3.05, 3.63) is 41.0 Å². The molecule has 0 saturated carbocycles. The summed E-state index contributed by atoms with van der Waals surface area (Å²) in [6.45, 7) is 7.55. The van der Waals surface area contributed by atoms with E-state index in [4.69, 9.17) is 0 Å². The number of aromatic nitrogens is 3. The molecule has 1 N–H and O–H groups in total. The number of hydrogen-bond donors (Lipinski definition) is 1. The maximum Gasteiger partial charge on any atom is 0.0812 e. The Hall–Kier alpha value is -1.55. The predicted octanol–water partition coefficient (Wildman–Crippen LogP) is 2.78. The summed E-state index contributed by atoms with van der Waals surface area (Å²) in [5.41, 5.74) is 4.97. The molecule has 0 spiro atoms. The lowest BCUT2D eigenvalue weighted by Gasteiger charge is -2.34. The van der Waals surface area contributed by atoms with Crippen LogP contribution in [0.2, 0.25) is 0 Å². The Morgan fingerprint density at radius 2 is 2.19 bits per heavy atom. The van der Waals surface area contributed by atoms with Gasteiger partial charge in [0.05, 0.1) is 11.8 Å². The second-order valence-electron chi connectivity index (χ2n) is 7.13. The van der Waals surface area contributed by atoms with Crippen molar-refractivity contribution in [2.45, 2.75) is 52.7 Å². The number of aliphatic hydroxyl groups is 1. The standard InChI is InChI=1S/C17H25N3O/c1-12-9-14-15(10-17(2,3)11-16(14)21)20(12)8-6-13-5-7-19(4)18-13/h5,7,9,16,21H,6,8,10-11H2,1-4H3. The molecule has 2 aromatic heterocycles. The SMILES string of the molecule is Cc1cc2c(n1CCc1ccn(C)n1)CC(C)(C)CC2O. The fourth-order valence-electron chi connectivity index (χ4n) is 3.53. The number of nitrogens with zero attached hydrogens (tertiary/aromatic N) is 3. The summed E-state index contributed by atoms with van der Waals surface area (Å²) in [6, 6.07) is 4.23. The lowest BCUT2D eigenvalue weighted by atomic mass is 9.75. The number of fused-ring (bicyclic) bond motifs is 1. The number of rotatable bonds is 3. The van der Waals surface area contributed by atoms with Crippen LogP contribution in [0.1, 0.15) is 49.0 Å². The summed E-state index contributed by atoms with van der Waals surface area (Å²) < 4.78 is 4.22. The van der Waals surface area contributed by atoms with Gasteiger partial charge >= 0.3 is 0 Å². The van der Waals surface area contributed by atoms with Crippen LogP contribution < -0.4 is 0 Å². The van der Waals surface area contributed by atoms with Gasteiger partial charge in [0, 0.05) is 43.2 Å². The molecule has 2 aromatic rings. The first kappa shape index (κ1) is 14.4. The third-order valence-corrected chi connectivity index (χ3v) is 4.56. The summed E-state index contributed by atoms with van der Waals surface area (Å²) in [4.78, 5) is 0. The zero-order chi connectivity index (χ0) is 15.2. The molecule has 1 unspecified atom stereocenters. The molecule has 0 amide bonds. The highest BCUT2D eigenvalue weighted by Gasteiger charge is 2.33. The lowest BCUT2D eigenvalue weighted by molar-refractivity contribution is 0.0979. The van der Waals surface area contributed by atoms with Gasteiger partial charge in [-0.15, -0.1) is 0 Å². The van der Waals surface area contributed by atoms with E-state index in [1.54, 1.807) is 0 Å². The molecule has 0 radical (unpaired) electrons. The van der Waals surface area contributed by atoms with Crippen molar-refractivity contribution < 1.29 is 5.11 Å². The van der Waals surface area contributed by atoms with E-state index < -0.39 is 0 Å². The highest BCUT2D eigenvalue weighted by Crippen LogP contribution is 2.41. The van der Waals surface area contributed by atoms with Gasteiger partial charge < -0.3 is 9.67 Å². The van der Waals surface area contributed by atoms with Gasteiger partial charge in [-0.3, -0.25) is 4.68 Å². The summed E-state index contributed by atoms with van der Waals surface area (Å²) in [5, 5.41) is 14.8. The molecule has 1 aliphatic rings. The van der Waals surface area contributed by atoms with E-state index >= 15 is 0 Å². The van der Waals surface area contributed by atoms with Gasteiger partial charge in [0.15, 0.2) is 0 Å². The predicted molar refractivity (Wildman–Crippen MR) is 83.1 cm³/mol. The van der Waals surface area contributed by atoms with Gasteiger partial charge in [0.1, 0.15) is 0 Å². The minimum absolute atomic E-state index is 0.167. The van der Waals surface area contributed by atoms with Crippen LogP contribution in [0.25, 0.3) is 0 Å². The molecule has 0 bridgehead atoms. The van der Waals surface area contributed by atoms with Crippen LogP contribution >= 0.6 is 0 Å². The Bertz CT molecular complexity index is 651. The number of hydrogen-bond acceptors (Lipinski definition) is 2. The van der Waals surface area contributed by atoms with Crippen LogP contribution in [-0.4, -0.2) is 19.5 Å². The van der Waals surface area contributed by atoms with Gasteiger partial charge in [-0.1, -0.05) is 13.8 Å². The summed E-state index contributed by atoms with van der Waals surface area (Å²) in [6.07, 6.45) is 4.48. The van der Waals surface area contributed by atoms with Crippen molar-refractivity contribution >= 4 is 0 Å². The Kier molecular flexibility index (Phi) is 3.44. The third-order valence-electron chi connectivity index (χ3n) is 4.56. The molecule has 4 heteroatoms. The fourth-order valence-corrected chi connectivity index (χ4v) is 3.53. The second kappa shape index (κ2) is 5.02. The van der Waals surface area contributed by atoms with E-state index in [2.05, 4.69) is 42.6 Å². The molecule has 1 atom stereocenters. The molecule has 21 heavy (non-hydrogen) atoms. The van der Waals surface area contributed by atoms with Crippen LogP contribution in [0, 0.1) is 12.3 Å². The molecule has 0 fully saturated rings. The van der Waals surface area contributed by atoms with Gasteiger partial charge in [0.2, 0.25) is 0 Å². The van der Waals surface area contributed by atoms with E-state index in [1.165, 1.54) is 11.4 Å². The normalized spacial score (nSPS) is 20.5. The van der Waals surface area contributed by atoms with Crippen molar-refractivity contribution in [3.8, 4) is 0 Å².